The van der Waals surface area contributed by atoms with E-state index in [4.69, 9.17) is 14.0 Å². The summed E-state index contributed by atoms with van der Waals surface area (Å²) in [6.45, 7) is 7.02. The quantitative estimate of drug-likeness (QED) is 0.851. The van der Waals surface area contributed by atoms with Crippen LogP contribution in [0.3, 0.4) is 0 Å². The van der Waals surface area contributed by atoms with Gasteiger partial charge < -0.3 is 18.9 Å². The number of ether oxygens (including phenoxy) is 2. The van der Waals surface area contributed by atoms with Gasteiger partial charge in [-0.3, -0.25) is 4.79 Å². The minimum atomic E-state index is -0.248. The third-order valence-corrected chi connectivity index (χ3v) is 4.76. The summed E-state index contributed by atoms with van der Waals surface area (Å²) in [6, 6.07) is 1.69. The number of aryl methyl sites for hydroxylation is 1. The highest BCUT2D eigenvalue weighted by Gasteiger charge is 2.48. The van der Waals surface area contributed by atoms with E-state index < -0.39 is 0 Å². The summed E-state index contributed by atoms with van der Waals surface area (Å²) in [7, 11) is 0. The number of rotatable bonds is 4. The van der Waals surface area contributed by atoms with E-state index in [1.165, 1.54) is 0 Å². The maximum Gasteiger partial charge on any atom is 0.276 e. The first-order chi connectivity index (χ1) is 10.6. The molecule has 1 aliphatic carbocycles. The Balaban J connectivity index is 1.71. The molecule has 1 spiro atoms. The summed E-state index contributed by atoms with van der Waals surface area (Å²) in [4.78, 5) is 14.4. The second-order valence-electron chi connectivity index (χ2n) is 6.21. The van der Waals surface area contributed by atoms with Crippen molar-refractivity contribution in [1.29, 1.82) is 0 Å². The van der Waals surface area contributed by atoms with Gasteiger partial charge in [-0.05, 0) is 26.7 Å². The van der Waals surface area contributed by atoms with E-state index in [9.17, 15) is 4.79 Å². The third-order valence-electron chi connectivity index (χ3n) is 4.76. The van der Waals surface area contributed by atoms with Crippen molar-refractivity contribution in [2.24, 2.45) is 5.92 Å². The first-order valence-electron chi connectivity index (χ1n) is 8.09. The molecule has 1 aromatic heterocycles. The van der Waals surface area contributed by atoms with Gasteiger partial charge in [0.05, 0.1) is 25.4 Å². The molecule has 0 radical (unpaired) electrons. The Morgan fingerprint density at radius 3 is 3.18 bits per heavy atom. The van der Waals surface area contributed by atoms with Crippen molar-refractivity contribution in [2.45, 2.75) is 38.7 Å². The van der Waals surface area contributed by atoms with E-state index in [1.807, 2.05) is 11.8 Å². The van der Waals surface area contributed by atoms with Crippen molar-refractivity contribution in [3.63, 3.8) is 0 Å². The molecule has 1 saturated carbocycles. The molecule has 2 aliphatic rings. The predicted octanol–water partition coefficient (Wildman–Crippen LogP) is 2.03. The number of morpholine rings is 1. The van der Waals surface area contributed by atoms with E-state index in [2.05, 4.69) is 5.16 Å². The van der Waals surface area contributed by atoms with Crippen LogP contribution in [0.25, 0.3) is 0 Å². The normalized spacial score (nSPS) is 28.5. The molecule has 3 rings (SSSR count). The molecule has 122 valence electrons. The average Bonchev–Trinajstić information content (AvgIpc) is 3.11. The maximum absolute atomic E-state index is 12.6. The van der Waals surface area contributed by atoms with E-state index in [0.717, 1.165) is 19.3 Å². The van der Waals surface area contributed by atoms with Gasteiger partial charge >= 0.3 is 0 Å². The van der Waals surface area contributed by atoms with Crippen LogP contribution in [0, 0.1) is 12.8 Å². The van der Waals surface area contributed by atoms with Gasteiger partial charge in [-0.1, -0.05) is 11.6 Å². The number of amides is 1. The molecule has 1 saturated heterocycles. The first-order valence-corrected chi connectivity index (χ1v) is 8.09. The highest BCUT2D eigenvalue weighted by Crippen LogP contribution is 2.41. The fourth-order valence-electron chi connectivity index (χ4n) is 3.62. The van der Waals surface area contributed by atoms with Crippen LogP contribution in [-0.4, -0.2) is 54.5 Å². The van der Waals surface area contributed by atoms with E-state index in [-0.39, 0.29) is 11.5 Å². The zero-order valence-corrected chi connectivity index (χ0v) is 13.3. The van der Waals surface area contributed by atoms with Crippen molar-refractivity contribution in [2.75, 3.05) is 32.9 Å². The predicted molar refractivity (Wildman–Crippen MR) is 79.7 cm³/mol. The van der Waals surface area contributed by atoms with E-state index >= 15 is 0 Å². The van der Waals surface area contributed by atoms with Crippen LogP contribution in [0.5, 0.6) is 0 Å². The van der Waals surface area contributed by atoms with Crippen molar-refractivity contribution < 1.29 is 18.8 Å². The maximum atomic E-state index is 12.6. The standard InChI is InChI=1S/C16H24N2O4/c1-3-20-10-13-5-4-6-16(13)11-18(7-8-21-16)15(19)14-9-12(2)22-17-14/h9,13H,3-8,10-11H2,1-2H3/t13-,16+/m0/s1. The fourth-order valence-corrected chi connectivity index (χ4v) is 3.62. The Kier molecular flexibility index (Phi) is 4.49. The molecule has 0 aromatic carbocycles. The van der Waals surface area contributed by atoms with E-state index in [0.29, 0.717) is 50.3 Å². The topological polar surface area (TPSA) is 64.8 Å². The Hall–Kier alpha value is -1.40. The number of hydrogen-bond acceptors (Lipinski definition) is 5. The molecular formula is C16H24N2O4. The summed E-state index contributed by atoms with van der Waals surface area (Å²) >= 11 is 0. The van der Waals surface area contributed by atoms with Crippen LogP contribution in [0.15, 0.2) is 10.6 Å². The minimum absolute atomic E-state index is 0.0680. The second kappa shape index (κ2) is 6.38. The number of hydrogen-bond donors (Lipinski definition) is 0. The Bertz CT molecular complexity index is 530. The Morgan fingerprint density at radius 1 is 1.59 bits per heavy atom. The molecular weight excluding hydrogens is 284 g/mol. The van der Waals surface area contributed by atoms with Crippen LogP contribution in [0.4, 0.5) is 0 Å². The Morgan fingerprint density at radius 2 is 2.45 bits per heavy atom. The summed E-state index contributed by atoms with van der Waals surface area (Å²) in [5, 5.41) is 3.84. The highest BCUT2D eigenvalue weighted by atomic mass is 16.5. The number of carbonyl (C=O) groups is 1. The number of nitrogens with zero attached hydrogens (tertiary/aromatic N) is 2. The monoisotopic (exact) mass is 308 g/mol. The van der Waals surface area contributed by atoms with Crippen molar-refractivity contribution in [1.82, 2.24) is 10.1 Å². The van der Waals surface area contributed by atoms with Crippen LogP contribution in [0.2, 0.25) is 0 Å². The summed E-state index contributed by atoms with van der Waals surface area (Å²) in [6.07, 6.45) is 3.22. The molecule has 6 heteroatoms. The molecule has 1 aliphatic heterocycles. The van der Waals surface area contributed by atoms with Gasteiger partial charge in [0.15, 0.2) is 5.69 Å². The highest BCUT2D eigenvalue weighted by molar-refractivity contribution is 5.92. The van der Waals surface area contributed by atoms with E-state index in [1.54, 1.807) is 13.0 Å². The summed E-state index contributed by atoms with van der Waals surface area (Å²) < 4.78 is 16.8. The molecule has 0 N–H and O–H groups in total. The molecule has 2 fully saturated rings. The number of carbonyl (C=O) groups excluding carboxylic acids is 1. The molecule has 22 heavy (non-hydrogen) atoms. The molecule has 1 aromatic rings. The fraction of sp³-hybridized carbons (Fsp3) is 0.750. The van der Waals surface area contributed by atoms with Crippen LogP contribution >= 0.6 is 0 Å². The van der Waals surface area contributed by atoms with Crippen LogP contribution in [0.1, 0.15) is 42.4 Å². The Labute approximate surface area is 130 Å². The van der Waals surface area contributed by atoms with Gasteiger partial charge in [0.1, 0.15) is 5.76 Å². The van der Waals surface area contributed by atoms with Crippen molar-refractivity contribution >= 4 is 5.91 Å². The molecule has 2 atom stereocenters. The first kappa shape index (κ1) is 15.5. The van der Waals surface area contributed by atoms with Gasteiger partial charge in [-0.15, -0.1) is 0 Å². The molecule has 1 amide bonds. The van der Waals surface area contributed by atoms with Gasteiger partial charge in [-0.2, -0.15) is 0 Å². The average molecular weight is 308 g/mol. The lowest BCUT2D eigenvalue weighted by Crippen LogP contribution is -2.56. The molecule has 6 nitrogen and oxygen atoms in total. The van der Waals surface area contributed by atoms with Crippen LogP contribution < -0.4 is 0 Å². The van der Waals surface area contributed by atoms with Crippen molar-refractivity contribution in [3.8, 4) is 0 Å². The minimum Gasteiger partial charge on any atom is -0.381 e. The van der Waals surface area contributed by atoms with Gasteiger partial charge in [-0.25, -0.2) is 0 Å². The zero-order chi connectivity index (χ0) is 15.6. The lowest BCUT2D eigenvalue weighted by molar-refractivity contribution is -0.132. The second-order valence-corrected chi connectivity index (χ2v) is 6.21. The van der Waals surface area contributed by atoms with Gasteiger partial charge in [0.25, 0.3) is 5.91 Å². The lowest BCUT2D eigenvalue weighted by atomic mass is 9.89. The zero-order valence-electron chi connectivity index (χ0n) is 13.3. The number of aromatic nitrogens is 1. The molecule has 0 unspecified atom stereocenters. The van der Waals surface area contributed by atoms with Gasteiger partial charge in [0, 0.05) is 25.1 Å². The van der Waals surface area contributed by atoms with Gasteiger partial charge in [0.2, 0.25) is 0 Å². The van der Waals surface area contributed by atoms with Crippen molar-refractivity contribution in [3.05, 3.63) is 17.5 Å². The summed E-state index contributed by atoms with van der Waals surface area (Å²) in [5.74, 6) is 0.949. The smallest absolute Gasteiger partial charge is 0.276 e. The third kappa shape index (κ3) is 2.90. The molecule has 0 bridgehead atoms. The summed E-state index contributed by atoms with van der Waals surface area (Å²) in [5.41, 5.74) is 0.135. The SMILES string of the molecule is CCOC[C@@H]1CCC[C@@]12CN(C(=O)c1cc(C)on1)CCO2. The largest absolute Gasteiger partial charge is 0.381 e. The molecule has 2 heterocycles. The van der Waals surface area contributed by atoms with Crippen LogP contribution in [-0.2, 0) is 9.47 Å². The lowest BCUT2D eigenvalue weighted by Gasteiger charge is -2.43.